The van der Waals surface area contributed by atoms with E-state index in [9.17, 15) is 0 Å². The van der Waals surface area contributed by atoms with Crippen LogP contribution in [0.2, 0.25) is 0 Å². The van der Waals surface area contributed by atoms with Crippen LogP contribution in [-0.2, 0) is 0 Å². The zero-order chi connectivity index (χ0) is 30.9. The molecule has 0 aliphatic rings. The first-order valence-corrected chi connectivity index (χ1v) is 16.3. The van der Waals surface area contributed by atoms with Crippen LogP contribution < -0.4 is 0 Å². The summed E-state index contributed by atoms with van der Waals surface area (Å²) >= 11 is 0. The van der Waals surface area contributed by atoms with Gasteiger partial charge in [-0.25, -0.2) is 0 Å². The van der Waals surface area contributed by atoms with Gasteiger partial charge in [-0.3, -0.25) is 0 Å². The molecule has 1 heterocycles. The van der Waals surface area contributed by atoms with Crippen molar-refractivity contribution >= 4 is 54.1 Å². The van der Waals surface area contributed by atoms with E-state index in [2.05, 4.69) is 180 Å². The zero-order valence-corrected chi connectivity index (χ0v) is 25.7. The van der Waals surface area contributed by atoms with Crippen LogP contribution in [0, 0.1) is 0 Å². The van der Waals surface area contributed by atoms with E-state index < -0.39 is 0 Å². The smallest absolute Gasteiger partial charge is 0.0547 e. The molecule has 10 rings (SSSR count). The van der Waals surface area contributed by atoms with E-state index in [0.717, 1.165) is 5.69 Å². The molecule has 218 valence electrons. The summed E-state index contributed by atoms with van der Waals surface area (Å²) in [6.07, 6.45) is 0. The Morgan fingerprint density at radius 1 is 0.298 bits per heavy atom. The molecular weight excluding hydrogens is 567 g/mol. The lowest BCUT2D eigenvalue weighted by molar-refractivity contribution is 1.18. The molecule has 47 heavy (non-hydrogen) atoms. The first-order valence-electron chi connectivity index (χ1n) is 16.3. The summed E-state index contributed by atoms with van der Waals surface area (Å²) in [5.41, 5.74) is 11.1. The van der Waals surface area contributed by atoms with Gasteiger partial charge >= 0.3 is 0 Å². The summed E-state index contributed by atoms with van der Waals surface area (Å²) in [6, 6.07) is 64.5. The second-order valence-corrected chi connectivity index (χ2v) is 12.5. The Hall–Kier alpha value is -6.18. The van der Waals surface area contributed by atoms with Crippen LogP contribution >= 0.6 is 0 Å². The van der Waals surface area contributed by atoms with Crippen LogP contribution in [0.15, 0.2) is 176 Å². The average molecular weight is 596 g/mol. The van der Waals surface area contributed by atoms with Gasteiger partial charge in [-0.05, 0) is 90.0 Å². The number of fused-ring (bicyclic) bond motifs is 3. The maximum absolute atomic E-state index is 2.41. The Labute approximate surface area is 272 Å². The van der Waals surface area contributed by atoms with Gasteiger partial charge in [0.2, 0.25) is 0 Å². The highest BCUT2D eigenvalue weighted by Crippen LogP contribution is 2.43. The highest BCUT2D eigenvalue weighted by molar-refractivity contribution is 6.27. The molecule has 0 N–H and O–H groups in total. The summed E-state index contributed by atoms with van der Waals surface area (Å²) in [4.78, 5) is 0. The zero-order valence-electron chi connectivity index (χ0n) is 25.7. The summed E-state index contributed by atoms with van der Waals surface area (Å²) in [6.45, 7) is 0. The summed E-state index contributed by atoms with van der Waals surface area (Å²) in [5, 5.41) is 10.4. The van der Waals surface area contributed by atoms with Crippen molar-refractivity contribution in [2.24, 2.45) is 0 Å². The van der Waals surface area contributed by atoms with Crippen molar-refractivity contribution in [1.82, 2.24) is 4.57 Å². The van der Waals surface area contributed by atoms with E-state index in [-0.39, 0.29) is 0 Å². The Morgan fingerprint density at radius 3 is 1.45 bits per heavy atom. The molecular formula is C46H29N. The van der Waals surface area contributed by atoms with Gasteiger partial charge in [0, 0.05) is 16.5 Å². The maximum Gasteiger partial charge on any atom is 0.0547 e. The topological polar surface area (TPSA) is 4.93 Å². The first kappa shape index (κ1) is 26.1. The molecule has 0 saturated heterocycles. The van der Waals surface area contributed by atoms with Crippen molar-refractivity contribution < 1.29 is 0 Å². The molecule has 10 aromatic rings. The van der Waals surface area contributed by atoms with Crippen molar-refractivity contribution in [3.05, 3.63) is 176 Å². The van der Waals surface area contributed by atoms with Crippen molar-refractivity contribution in [1.29, 1.82) is 0 Å². The number of nitrogens with zero attached hydrogens (tertiary/aromatic N) is 1. The lowest BCUT2D eigenvalue weighted by Crippen LogP contribution is -1.94. The SMILES string of the molecule is c1ccc(-c2ccc3c4ccccc4n(-c4ccc(-c5ccc6ccc7c(-c8ccccc8)ccc8ccc5c6c87)cc4)c3c2)cc1. The molecule has 0 radical (unpaired) electrons. The molecule has 9 aromatic carbocycles. The van der Waals surface area contributed by atoms with Gasteiger partial charge in [0.1, 0.15) is 0 Å². The molecule has 0 fully saturated rings. The maximum atomic E-state index is 2.41. The minimum Gasteiger partial charge on any atom is -0.309 e. The second-order valence-electron chi connectivity index (χ2n) is 12.5. The Bertz CT molecular complexity index is 2750. The third kappa shape index (κ3) is 3.97. The van der Waals surface area contributed by atoms with Crippen LogP contribution in [0.3, 0.4) is 0 Å². The largest absolute Gasteiger partial charge is 0.309 e. The number of aromatic nitrogens is 1. The minimum atomic E-state index is 1.16. The Kier molecular flexibility index (Phi) is 5.64. The predicted molar refractivity (Wildman–Crippen MR) is 201 cm³/mol. The third-order valence-electron chi connectivity index (χ3n) is 9.97. The molecule has 0 atom stereocenters. The number of rotatable bonds is 4. The molecule has 0 amide bonds. The Balaban J connectivity index is 1.14. The van der Waals surface area contributed by atoms with Gasteiger partial charge < -0.3 is 4.57 Å². The summed E-state index contributed by atoms with van der Waals surface area (Å²) < 4.78 is 2.41. The van der Waals surface area contributed by atoms with Crippen LogP contribution in [0.4, 0.5) is 0 Å². The fraction of sp³-hybridized carbons (Fsp3) is 0. The highest BCUT2D eigenvalue weighted by atomic mass is 15.0. The quantitative estimate of drug-likeness (QED) is 0.178. The normalized spacial score (nSPS) is 11.8. The average Bonchev–Trinajstić information content (AvgIpc) is 3.48. The van der Waals surface area contributed by atoms with Crippen molar-refractivity contribution in [2.45, 2.75) is 0 Å². The van der Waals surface area contributed by atoms with Gasteiger partial charge in [-0.1, -0.05) is 152 Å². The Morgan fingerprint density at radius 2 is 0.787 bits per heavy atom. The van der Waals surface area contributed by atoms with Gasteiger partial charge in [-0.2, -0.15) is 0 Å². The van der Waals surface area contributed by atoms with E-state index in [1.165, 1.54) is 87.5 Å². The molecule has 0 unspecified atom stereocenters. The summed E-state index contributed by atoms with van der Waals surface area (Å²) in [7, 11) is 0. The molecule has 0 spiro atoms. The van der Waals surface area contributed by atoms with Crippen molar-refractivity contribution in [3.63, 3.8) is 0 Å². The monoisotopic (exact) mass is 595 g/mol. The molecule has 0 bridgehead atoms. The second kappa shape index (κ2) is 10.2. The molecule has 0 saturated carbocycles. The third-order valence-corrected chi connectivity index (χ3v) is 9.97. The van der Waals surface area contributed by atoms with Gasteiger partial charge in [0.05, 0.1) is 11.0 Å². The van der Waals surface area contributed by atoms with Gasteiger partial charge in [0.15, 0.2) is 0 Å². The van der Waals surface area contributed by atoms with Crippen LogP contribution in [-0.4, -0.2) is 4.57 Å². The summed E-state index contributed by atoms with van der Waals surface area (Å²) in [5.74, 6) is 0. The molecule has 1 aromatic heterocycles. The van der Waals surface area contributed by atoms with Crippen molar-refractivity contribution in [3.8, 4) is 39.1 Å². The van der Waals surface area contributed by atoms with E-state index in [0.29, 0.717) is 0 Å². The minimum absolute atomic E-state index is 1.16. The lowest BCUT2D eigenvalue weighted by Gasteiger charge is -2.17. The standard InChI is InChI=1S/C46H29N/c1-3-9-30(10-4-1)35-21-26-40-39-13-7-8-14-43(39)47(44(40)29-35)36-22-15-32(16-23-36)38-25-18-34-19-27-41-37(31-11-5-2-6-12-31)24-17-33-20-28-42(38)46(34)45(33)41/h1-29H. The van der Waals surface area contributed by atoms with Gasteiger partial charge in [-0.15, -0.1) is 0 Å². The van der Waals surface area contributed by atoms with Gasteiger partial charge in [0.25, 0.3) is 0 Å². The van der Waals surface area contributed by atoms with Crippen LogP contribution in [0.25, 0.3) is 93.2 Å². The van der Waals surface area contributed by atoms with Crippen LogP contribution in [0.1, 0.15) is 0 Å². The molecule has 1 nitrogen and oxygen atoms in total. The first-order chi connectivity index (χ1) is 23.3. The molecule has 0 aliphatic carbocycles. The van der Waals surface area contributed by atoms with E-state index >= 15 is 0 Å². The number of hydrogen-bond acceptors (Lipinski definition) is 0. The van der Waals surface area contributed by atoms with Crippen molar-refractivity contribution in [2.75, 3.05) is 0 Å². The fourth-order valence-electron chi connectivity index (χ4n) is 7.77. The van der Waals surface area contributed by atoms with E-state index in [1.807, 2.05) is 0 Å². The number of hydrogen-bond donors (Lipinski definition) is 0. The lowest BCUT2D eigenvalue weighted by atomic mass is 9.87. The number of para-hydroxylation sites is 1. The predicted octanol–water partition coefficient (Wildman–Crippen LogP) is 12.7. The highest BCUT2D eigenvalue weighted by Gasteiger charge is 2.16. The van der Waals surface area contributed by atoms with E-state index in [1.54, 1.807) is 0 Å². The van der Waals surface area contributed by atoms with E-state index in [4.69, 9.17) is 0 Å². The fourth-order valence-corrected chi connectivity index (χ4v) is 7.77. The molecule has 1 heteroatoms. The number of benzene rings is 9. The molecule has 0 aliphatic heterocycles. The van der Waals surface area contributed by atoms with Crippen LogP contribution in [0.5, 0.6) is 0 Å².